The number of nitrogens with zero attached hydrogens (tertiary/aromatic N) is 1. The van der Waals surface area contributed by atoms with Crippen LogP contribution in [-0.4, -0.2) is 11.8 Å². The lowest BCUT2D eigenvalue weighted by Crippen LogP contribution is -2.11. The molecule has 2 rings (SSSR count). The van der Waals surface area contributed by atoms with Crippen molar-refractivity contribution in [3.05, 3.63) is 58.1 Å². The Bertz CT molecular complexity index is 739. The van der Waals surface area contributed by atoms with Crippen LogP contribution in [0.5, 0.6) is 5.75 Å². The van der Waals surface area contributed by atoms with Gasteiger partial charge in [0, 0.05) is 15.7 Å². The lowest BCUT2D eigenvalue weighted by atomic mass is 10.2. The van der Waals surface area contributed by atoms with Crippen molar-refractivity contribution in [2.45, 2.75) is 20.5 Å². The van der Waals surface area contributed by atoms with Crippen LogP contribution in [0, 0.1) is 0 Å². The second-order valence-corrected chi connectivity index (χ2v) is 6.01. The minimum absolute atomic E-state index is 0.299. The second-order valence-electron chi connectivity index (χ2n) is 5.14. The lowest BCUT2D eigenvalue weighted by molar-refractivity contribution is 0.166. The van der Waals surface area contributed by atoms with E-state index in [9.17, 15) is 4.79 Å². The third kappa shape index (κ3) is 6.10. The first kappa shape index (κ1) is 18.1. The van der Waals surface area contributed by atoms with Gasteiger partial charge in [0.15, 0.2) is 0 Å². The molecule has 0 heterocycles. The molecule has 24 heavy (non-hydrogen) atoms. The fourth-order valence-electron chi connectivity index (χ4n) is 1.79. The predicted octanol–water partition coefficient (Wildman–Crippen LogP) is 5.52. The van der Waals surface area contributed by atoms with Crippen molar-refractivity contribution in [3.63, 3.8) is 0 Å². The number of halogens is 2. The summed E-state index contributed by atoms with van der Waals surface area (Å²) in [4.78, 5) is 16.3. The molecule has 0 bridgehead atoms. The van der Waals surface area contributed by atoms with E-state index in [-0.39, 0.29) is 0 Å². The van der Waals surface area contributed by atoms with E-state index in [0.717, 1.165) is 5.56 Å². The first-order chi connectivity index (χ1) is 11.4. The summed E-state index contributed by atoms with van der Waals surface area (Å²) < 4.78 is 5.66. The maximum Gasteiger partial charge on any atom is 0.437 e. The first-order valence-corrected chi connectivity index (χ1v) is 7.85. The Labute approximate surface area is 150 Å². The zero-order valence-electron chi connectivity index (χ0n) is 13.2. The van der Waals surface area contributed by atoms with E-state index in [1.165, 1.54) is 0 Å². The summed E-state index contributed by atoms with van der Waals surface area (Å²) in [5, 5.41) is 7.18. The maximum absolute atomic E-state index is 11.6. The number of oxime groups is 1. The van der Waals surface area contributed by atoms with Gasteiger partial charge in [-0.3, -0.25) is 10.2 Å². The van der Waals surface area contributed by atoms with Gasteiger partial charge in [-0.2, -0.15) is 0 Å². The number of amides is 1. The van der Waals surface area contributed by atoms with Crippen LogP contribution in [0.4, 0.5) is 10.5 Å². The van der Waals surface area contributed by atoms with Gasteiger partial charge < -0.3 is 4.74 Å². The van der Waals surface area contributed by atoms with Gasteiger partial charge in [0.05, 0.1) is 5.71 Å². The van der Waals surface area contributed by atoms with Gasteiger partial charge in [-0.25, -0.2) is 4.79 Å². The maximum atomic E-state index is 11.6. The molecule has 0 fully saturated rings. The summed E-state index contributed by atoms with van der Waals surface area (Å²) in [6, 6.07) is 12.2. The number of nitrogens with one attached hydrogen (secondary N) is 1. The third-order valence-electron chi connectivity index (χ3n) is 2.73. The average molecular weight is 367 g/mol. The molecule has 0 spiro atoms. The number of benzene rings is 2. The molecule has 0 aliphatic rings. The molecule has 5 nitrogen and oxygen atoms in total. The molecule has 2 aromatic carbocycles. The zero-order valence-corrected chi connectivity index (χ0v) is 14.7. The van der Waals surface area contributed by atoms with Crippen molar-refractivity contribution >= 4 is 40.7 Å². The Kier molecular flexibility index (Phi) is 6.46. The van der Waals surface area contributed by atoms with Crippen LogP contribution in [0.25, 0.3) is 0 Å². The third-order valence-corrected chi connectivity index (χ3v) is 3.16. The van der Waals surface area contributed by atoms with Crippen LogP contribution in [0.15, 0.2) is 47.6 Å². The van der Waals surface area contributed by atoms with E-state index in [0.29, 0.717) is 33.8 Å². The smallest absolute Gasteiger partial charge is 0.437 e. The fourth-order valence-corrected chi connectivity index (χ4v) is 2.30. The molecule has 0 saturated heterocycles. The normalized spacial score (nSPS) is 10.0. The van der Waals surface area contributed by atoms with E-state index >= 15 is 0 Å². The standard InChI is InChI=1S/C17H16Cl2N2O3/c1-11(2)21-24-17(22)20-15-5-3-4-12(6-15)10-23-16-8-13(18)7-14(19)9-16/h3-9H,10H2,1-2H3,(H,20,22). The van der Waals surface area contributed by atoms with Gasteiger partial charge in [0.2, 0.25) is 0 Å². The molecule has 0 unspecified atom stereocenters. The predicted molar refractivity (Wildman–Crippen MR) is 96.1 cm³/mol. The number of rotatable bonds is 5. The monoisotopic (exact) mass is 366 g/mol. The number of carbonyl (C=O) groups excluding carboxylic acids is 1. The largest absolute Gasteiger partial charge is 0.489 e. The van der Waals surface area contributed by atoms with Crippen molar-refractivity contribution in [2.24, 2.45) is 5.16 Å². The van der Waals surface area contributed by atoms with Crippen LogP contribution in [0.3, 0.4) is 0 Å². The van der Waals surface area contributed by atoms with Crippen molar-refractivity contribution in [1.29, 1.82) is 0 Å². The summed E-state index contributed by atoms with van der Waals surface area (Å²) >= 11 is 11.9. The minimum atomic E-state index is -0.657. The highest BCUT2D eigenvalue weighted by atomic mass is 35.5. The summed E-state index contributed by atoms with van der Waals surface area (Å²) in [6.45, 7) is 3.76. The quantitative estimate of drug-likeness (QED) is 0.430. The highest BCUT2D eigenvalue weighted by molar-refractivity contribution is 6.34. The number of hydrogen-bond acceptors (Lipinski definition) is 4. The molecule has 0 aliphatic carbocycles. The Morgan fingerprint density at radius 3 is 2.50 bits per heavy atom. The Balaban J connectivity index is 1.97. The molecule has 0 aromatic heterocycles. The highest BCUT2D eigenvalue weighted by Crippen LogP contribution is 2.25. The van der Waals surface area contributed by atoms with Crippen LogP contribution in [0.1, 0.15) is 19.4 Å². The van der Waals surface area contributed by atoms with Crippen LogP contribution >= 0.6 is 23.2 Å². The van der Waals surface area contributed by atoms with E-state index in [1.54, 1.807) is 50.2 Å². The Morgan fingerprint density at radius 2 is 1.83 bits per heavy atom. The summed E-state index contributed by atoms with van der Waals surface area (Å²) in [5.41, 5.74) is 2.08. The van der Waals surface area contributed by atoms with Crippen molar-refractivity contribution in [3.8, 4) is 5.75 Å². The average Bonchev–Trinajstić information content (AvgIpc) is 2.50. The van der Waals surface area contributed by atoms with Gasteiger partial charge in [0.1, 0.15) is 12.4 Å². The van der Waals surface area contributed by atoms with E-state index in [2.05, 4.69) is 15.3 Å². The molecule has 0 aliphatic heterocycles. The molecule has 126 valence electrons. The van der Waals surface area contributed by atoms with E-state index < -0.39 is 6.09 Å². The molecule has 1 N–H and O–H groups in total. The molecule has 0 saturated carbocycles. The molecule has 1 amide bonds. The first-order valence-electron chi connectivity index (χ1n) is 7.09. The molecule has 0 atom stereocenters. The van der Waals surface area contributed by atoms with Crippen LogP contribution in [-0.2, 0) is 11.4 Å². The summed E-state index contributed by atoms with van der Waals surface area (Å²) in [5.74, 6) is 0.568. The lowest BCUT2D eigenvalue weighted by Gasteiger charge is -2.09. The zero-order chi connectivity index (χ0) is 17.5. The van der Waals surface area contributed by atoms with Crippen LogP contribution in [0.2, 0.25) is 10.0 Å². The molecular weight excluding hydrogens is 351 g/mol. The SMILES string of the molecule is CC(C)=NOC(=O)Nc1cccc(COc2cc(Cl)cc(Cl)c2)c1. The molecular formula is C17H16Cl2N2O3. The topological polar surface area (TPSA) is 59.9 Å². The minimum Gasteiger partial charge on any atom is -0.489 e. The van der Waals surface area contributed by atoms with Crippen molar-refractivity contribution < 1.29 is 14.4 Å². The fraction of sp³-hybridized carbons (Fsp3) is 0.176. The number of ether oxygens (including phenoxy) is 1. The molecule has 7 heteroatoms. The number of carbonyl (C=O) groups is 1. The van der Waals surface area contributed by atoms with Crippen molar-refractivity contribution in [1.82, 2.24) is 0 Å². The Morgan fingerprint density at radius 1 is 1.12 bits per heavy atom. The molecule has 2 aromatic rings. The Hall–Kier alpha value is -2.24. The second kappa shape index (κ2) is 8.57. The van der Waals surface area contributed by atoms with Gasteiger partial charge >= 0.3 is 6.09 Å². The number of hydrogen-bond donors (Lipinski definition) is 1. The van der Waals surface area contributed by atoms with Gasteiger partial charge in [-0.1, -0.05) is 40.5 Å². The summed E-state index contributed by atoms with van der Waals surface area (Å²) in [7, 11) is 0. The van der Waals surface area contributed by atoms with E-state index in [1.807, 2.05) is 6.07 Å². The van der Waals surface area contributed by atoms with Gasteiger partial charge in [-0.15, -0.1) is 0 Å². The van der Waals surface area contributed by atoms with Gasteiger partial charge in [-0.05, 0) is 49.7 Å². The van der Waals surface area contributed by atoms with E-state index in [4.69, 9.17) is 27.9 Å². The number of anilines is 1. The highest BCUT2D eigenvalue weighted by Gasteiger charge is 2.05. The summed E-state index contributed by atoms with van der Waals surface area (Å²) in [6.07, 6.45) is -0.657. The van der Waals surface area contributed by atoms with Gasteiger partial charge in [0.25, 0.3) is 0 Å². The van der Waals surface area contributed by atoms with Crippen LogP contribution < -0.4 is 10.1 Å². The van der Waals surface area contributed by atoms with Crippen molar-refractivity contribution in [2.75, 3.05) is 5.32 Å². The molecule has 0 radical (unpaired) electrons.